The number of carbonyl (C=O) groups excluding carboxylic acids is 4. The Hall–Kier alpha value is -3.53. The zero-order valence-electron chi connectivity index (χ0n) is 29.4. The maximum atomic E-state index is 14.4. The zero-order valence-corrected chi connectivity index (χ0v) is 30.3. The maximum Gasteiger partial charge on any atom is 0.526 e. The van der Waals surface area contributed by atoms with E-state index >= 15 is 0 Å². The molecule has 3 amide bonds. The smallest absolute Gasteiger partial charge is 0.445 e. The van der Waals surface area contributed by atoms with Crippen LogP contribution in [0.5, 0.6) is 0 Å². The largest absolute Gasteiger partial charge is 0.526 e. The van der Waals surface area contributed by atoms with Gasteiger partial charge in [0.2, 0.25) is 14.2 Å². The second-order valence-corrected chi connectivity index (χ2v) is 16.5. The van der Waals surface area contributed by atoms with Gasteiger partial charge in [-0.25, -0.2) is 9.59 Å². The highest BCUT2D eigenvalue weighted by molar-refractivity contribution is 7.58. The van der Waals surface area contributed by atoms with E-state index in [0.717, 1.165) is 24.0 Å². The number of alkyl carbamates (subject to hydrolysis) is 1. The number of hydrogen-bond donors (Lipinski definition) is 2. The monoisotopic (exact) mass is 701 g/mol. The van der Waals surface area contributed by atoms with Gasteiger partial charge in [0.25, 0.3) is 0 Å². The molecule has 3 rings (SSSR count). The lowest BCUT2D eigenvalue weighted by atomic mass is 9.98. The van der Waals surface area contributed by atoms with Crippen LogP contribution in [0.4, 0.5) is 9.59 Å². The first-order valence-electron chi connectivity index (χ1n) is 17.3. The third-order valence-electron chi connectivity index (χ3n) is 8.97. The number of esters is 1. The second-order valence-electron chi connectivity index (χ2n) is 14.0. The van der Waals surface area contributed by atoms with E-state index < -0.39 is 60.1 Å². The zero-order chi connectivity index (χ0) is 35.9. The van der Waals surface area contributed by atoms with Gasteiger partial charge in [0.1, 0.15) is 12.6 Å². The Morgan fingerprint density at radius 3 is 2.18 bits per heavy atom. The number of benzene rings is 2. The number of amides is 3. The fourth-order valence-corrected chi connectivity index (χ4v) is 8.03. The number of hydrogen-bond acceptors (Lipinski definition) is 8. The number of nitrogens with one attached hydrogen (secondary N) is 1. The minimum absolute atomic E-state index is 0.0706. The molecule has 0 bridgehead atoms. The van der Waals surface area contributed by atoms with Crippen LogP contribution in [0.25, 0.3) is 0 Å². The lowest BCUT2D eigenvalue weighted by molar-refractivity contribution is -0.795. The summed E-state index contributed by atoms with van der Waals surface area (Å²) in [5, 5.41) is 2.71. The number of rotatable bonds is 17. The first-order valence-corrected chi connectivity index (χ1v) is 19.3. The molecule has 0 aromatic heterocycles. The number of carbonyl (C=O) groups is 4. The van der Waals surface area contributed by atoms with Gasteiger partial charge in [-0.2, -0.15) is 9.28 Å². The topological polar surface area (TPSA) is 145 Å². The normalized spacial score (nSPS) is 19.3. The van der Waals surface area contributed by atoms with Crippen molar-refractivity contribution in [3.05, 3.63) is 71.8 Å². The quantitative estimate of drug-likeness (QED) is 0.0575. The lowest BCUT2D eigenvalue weighted by Crippen LogP contribution is -2.61. The number of ether oxygens (including phenoxy) is 3. The summed E-state index contributed by atoms with van der Waals surface area (Å²) in [6.07, 6.45) is 2.91. The summed E-state index contributed by atoms with van der Waals surface area (Å²) in [6, 6.07) is 18.8. The Bertz CT molecular complexity index is 1410. The van der Waals surface area contributed by atoms with E-state index in [4.69, 9.17) is 14.2 Å². The molecule has 12 heteroatoms. The SMILES string of the molecule is C[C@@H]1CCC[N+]1(C(=O)OCOC(=O)C(C)(C)C)C(=O)C(CCCCNC(=O)OCc1ccccc1)CP(=O)(O)CCCCc1ccccc1. The molecule has 1 aliphatic heterocycles. The molecule has 0 spiro atoms. The van der Waals surface area contributed by atoms with Gasteiger partial charge in [-0.1, -0.05) is 67.1 Å². The Labute approximate surface area is 290 Å². The van der Waals surface area contributed by atoms with Crippen LogP contribution in [-0.4, -0.2) is 71.7 Å². The average molecular weight is 702 g/mol. The van der Waals surface area contributed by atoms with E-state index in [9.17, 15) is 28.6 Å². The molecule has 2 aromatic carbocycles. The lowest BCUT2D eigenvalue weighted by Gasteiger charge is -2.34. The van der Waals surface area contributed by atoms with E-state index in [2.05, 4.69) is 5.32 Å². The summed E-state index contributed by atoms with van der Waals surface area (Å²) in [5.74, 6) is -1.89. The molecule has 4 atom stereocenters. The summed E-state index contributed by atoms with van der Waals surface area (Å²) in [6.45, 7) is 6.86. The number of aryl methyl sites for hydroxylation is 1. The Balaban J connectivity index is 1.65. The molecule has 49 heavy (non-hydrogen) atoms. The molecule has 270 valence electrons. The van der Waals surface area contributed by atoms with Crippen molar-refractivity contribution in [3.8, 4) is 0 Å². The molecule has 11 nitrogen and oxygen atoms in total. The van der Waals surface area contributed by atoms with Crippen LogP contribution in [0.1, 0.15) is 83.8 Å². The fraction of sp³-hybridized carbons (Fsp3) is 0.568. The van der Waals surface area contributed by atoms with Gasteiger partial charge in [0.05, 0.1) is 17.9 Å². The van der Waals surface area contributed by atoms with E-state index in [1.807, 2.05) is 60.7 Å². The minimum atomic E-state index is -3.75. The summed E-state index contributed by atoms with van der Waals surface area (Å²) in [7, 11) is -3.75. The molecule has 0 radical (unpaired) electrons. The van der Waals surface area contributed by atoms with Gasteiger partial charge in [-0.15, -0.1) is 0 Å². The van der Waals surface area contributed by atoms with Gasteiger partial charge in [-0.3, -0.25) is 9.36 Å². The van der Waals surface area contributed by atoms with Crippen LogP contribution < -0.4 is 5.32 Å². The first kappa shape index (κ1) is 39.9. The molecule has 1 heterocycles. The van der Waals surface area contributed by atoms with Crippen LogP contribution in [0.3, 0.4) is 0 Å². The third-order valence-corrected chi connectivity index (χ3v) is 11.0. The summed E-state index contributed by atoms with van der Waals surface area (Å²) in [4.78, 5) is 63.6. The van der Waals surface area contributed by atoms with Crippen molar-refractivity contribution in [1.82, 2.24) is 5.32 Å². The van der Waals surface area contributed by atoms with Gasteiger partial charge >= 0.3 is 24.1 Å². The van der Waals surface area contributed by atoms with Gasteiger partial charge < -0.3 is 24.4 Å². The molecular weight excluding hydrogens is 647 g/mol. The average Bonchev–Trinajstić information content (AvgIpc) is 3.47. The summed E-state index contributed by atoms with van der Waals surface area (Å²) >= 11 is 0. The van der Waals surface area contributed by atoms with Gasteiger partial charge in [-0.05, 0) is 70.9 Å². The van der Waals surface area contributed by atoms with E-state index in [1.54, 1.807) is 27.7 Å². The Morgan fingerprint density at radius 1 is 0.918 bits per heavy atom. The second kappa shape index (κ2) is 19.0. The molecule has 2 N–H and O–H groups in total. The minimum Gasteiger partial charge on any atom is -0.445 e. The summed E-state index contributed by atoms with van der Waals surface area (Å²) in [5.41, 5.74) is 1.23. The molecule has 2 aromatic rings. The number of nitrogens with zero attached hydrogens (tertiary/aromatic N) is 1. The van der Waals surface area contributed by atoms with Crippen molar-refractivity contribution in [1.29, 1.82) is 0 Å². The molecule has 0 saturated carbocycles. The first-order chi connectivity index (χ1) is 23.2. The number of imide groups is 1. The molecule has 0 aliphatic carbocycles. The highest BCUT2D eigenvalue weighted by Crippen LogP contribution is 2.46. The maximum absolute atomic E-state index is 14.4. The van der Waals surface area contributed by atoms with Crippen molar-refractivity contribution in [2.45, 2.75) is 91.7 Å². The predicted octanol–water partition coefficient (Wildman–Crippen LogP) is 7.20. The standard InChI is InChI=1S/C37H53N2O9P/c1-29-16-15-24-39(29,36(43)48-28-47-34(41)37(2,3)4)33(40)32(27-49(44,45)25-14-12-19-30-17-7-5-8-18-30)22-11-13-23-38-35(42)46-26-31-20-9-6-10-21-31/h5-10,17-18,20-21,29,32H,11-16,19,22-28H2,1-4H3,(H-,38,42,44,45)/p+1/t29-,32?,39?/m1/s1. The molecule has 1 saturated heterocycles. The highest BCUT2D eigenvalue weighted by Gasteiger charge is 2.56. The molecule has 1 fully saturated rings. The third kappa shape index (κ3) is 12.7. The van der Waals surface area contributed by atoms with Crippen LogP contribution in [0.2, 0.25) is 0 Å². The predicted molar refractivity (Wildman–Crippen MR) is 187 cm³/mol. The number of unbranched alkanes of at least 4 members (excludes halogenated alkanes) is 2. The molecule has 3 unspecified atom stereocenters. The Morgan fingerprint density at radius 2 is 1.57 bits per heavy atom. The highest BCUT2D eigenvalue weighted by atomic mass is 31.2. The van der Waals surface area contributed by atoms with Crippen LogP contribution in [-0.2, 0) is 41.4 Å². The van der Waals surface area contributed by atoms with Crippen molar-refractivity contribution in [2.75, 3.05) is 32.2 Å². The Kier molecular flexibility index (Phi) is 15.5. The molecule has 1 aliphatic rings. The summed E-state index contributed by atoms with van der Waals surface area (Å²) < 4.78 is 28.7. The van der Waals surface area contributed by atoms with Crippen LogP contribution in [0, 0.1) is 11.3 Å². The van der Waals surface area contributed by atoms with Crippen LogP contribution >= 0.6 is 7.37 Å². The number of likely N-dealkylation sites (tertiary alicyclic amines) is 1. The van der Waals surface area contributed by atoms with Crippen molar-refractivity contribution in [2.24, 2.45) is 11.3 Å². The fourth-order valence-electron chi connectivity index (χ4n) is 6.10. The van der Waals surface area contributed by atoms with E-state index in [-0.39, 0.29) is 31.9 Å². The van der Waals surface area contributed by atoms with Gasteiger partial charge in [0.15, 0.2) is 0 Å². The van der Waals surface area contributed by atoms with E-state index in [1.165, 1.54) is 0 Å². The van der Waals surface area contributed by atoms with Crippen molar-refractivity contribution in [3.63, 3.8) is 0 Å². The van der Waals surface area contributed by atoms with Gasteiger partial charge in [0, 0.05) is 31.7 Å². The van der Waals surface area contributed by atoms with Crippen LogP contribution in [0.15, 0.2) is 60.7 Å². The molecular formula is C37H54N2O9P+. The van der Waals surface area contributed by atoms with E-state index in [0.29, 0.717) is 38.6 Å². The number of quaternary nitrogens is 1. The van der Waals surface area contributed by atoms with Crippen molar-refractivity contribution >= 4 is 31.4 Å². The van der Waals surface area contributed by atoms with Crippen molar-refractivity contribution < 1.29 is 47.3 Å².